The van der Waals surface area contributed by atoms with E-state index in [2.05, 4.69) is 21.9 Å². The van der Waals surface area contributed by atoms with Gasteiger partial charge in [0.15, 0.2) is 0 Å². The summed E-state index contributed by atoms with van der Waals surface area (Å²) in [7, 11) is 3.70. The van der Waals surface area contributed by atoms with Crippen LogP contribution in [0.2, 0.25) is 0 Å². The Labute approximate surface area is 105 Å². The Morgan fingerprint density at radius 1 is 1.35 bits per heavy atom. The van der Waals surface area contributed by atoms with Crippen LogP contribution < -0.4 is 4.74 Å². The van der Waals surface area contributed by atoms with E-state index >= 15 is 0 Å². The van der Waals surface area contributed by atoms with Crippen molar-refractivity contribution in [3.05, 3.63) is 40.5 Å². The summed E-state index contributed by atoms with van der Waals surface area (Å²) in [6.07, 6.45) is 1.90. The first-order chi connectivity index (χ1) is 8.28. The van der Waals surface area contributed by atoms with Crippen molar-refractivity contribution in [2.24, 2.45) is 0 Å². The van der Waals surface area contributed by atoms with Gasteiger partial charge in [-0.1, -0.05) is 6.07 Å². The number of rotatable bonds is 5. The highest BCUT2D eigenvalue weighted by Gasteiger charge is 2.04. The van der Waals surface area contributed by atoms with Crippen molar-refractivity contribution in [1.29, 1.82) is 0 Å². The van der Waals surface area contributed by atoms with Crippen molar-refractivity contribution in [1.82, 2.24) is 14.9 Å². The molecular weight excluding hydrogens is 234 g/mol. The third-order valence-corrected chi connectivity index (χ3v) is 3.10. The van der Waals surface area contributed by atoms with E-state index < -0.39 is 0 Å². The molecule has 0 bridgehead atoms. The standard InChI is InChI=1S/C12H15N3OS/c1-15(8-11-6-13-9-17-11)7-10-4-3-5-12(14-10)16-2/h3-6,9H,7-8H2,1-2H3. The molecule has 0 unspecified atom stereocenters. The van der Waals surface area contributed by atoms with Crippen LogP contribution in [0.1, 0.15) is 10.6 Å². The fraction of sp³-hybridized carbons (Fsp3) is 0.333. The minimum atomic E-state index is 0.661. The molecule has 2 aromatic heterocycles. The number of hydrogen-bond acceptors (Lipinski definition) is 5. The summed E-state index contributed by atoms with van der Waals surface area (Å²) < 4.78 is 5.10. The molecule has 0 saturated heterocycles. The van der Waals surface area contributed by atoms with Gasteiger partial charge in [0.1, 0.15) is 0 Å². The molecule has 0 N–H and O–H groups in total. The second kappa shape index (κ2) is 5.75. The topological polar surface area (TPSA) is 38.2 Å². The van der Waals surface area contributed by atoms with E-state index in [0.717, 1.165) is 18.8 Å². The first-order valence-electron chi connectivity index (χ1n) is 5.34. The number of pyridine rings is 1. The normalized spacial score (nSPS) is 10.8. The molecule has 0 aliphatic rings. The zero-order valence-electron chi connectivity index (χ0n) is 9.96. The van der Waals surface area contributed by atoms with Crippen LogP contribution in [0, 0.1) is 0 Å². The Balaban J connectivity index is 1.95. The SMILES string of the molecule is COc1cccc(CN(C)Cc2cncs2)n1. The van der Waals surface area contributed by atoms with Crippen molar-refractivity contribution in [2.45, 2.75) is 13.1 Å². The zero-order valence-corrected chi connectivity index (χ0v) is 10.8. The lowest BCUT2D eigenvalue weighted by Crippen LogP contribution is -2.17. The lowest BCUT2D eigenvalue weighted by Gasteiger charge is -2.14. The smallest absolute Gasteiger partial charge is 0.213 e. The number of nitrogens with zero attached hydrogens (tertiary/aromatic N) is 3. The van der Waals surface area contributed by atoms with E-state index in [4.69, 9.17) is 4.74 Å². The summed E-state index contributed by atoms with van der Waals surface area (Å²) in [5, 5.41) is 0. The fourth-order valence-electron chi connectivity index (χ4n) is 1.58. The van der Waals surface area contributed by atoms with Gasteiger partial charge in [-0.05, 0) is 13.1 Å². The average molecular weight is 249 g/mol. The number of methoxy groups -OCH3 is 1. The molecule has 5 heteroatoms. The van der Waals surface area contributed by atoms with Crippen molar-refractivity contribution in [3.63, 3.8) is 0 Å². The van der Waals surface area contributed by atoms with Gasteiger partial charge in [-0.3, -0.25) is 9.88 Å². The van der Waals surface area contributed by atoms with Crippen molar-refractivity contribution in [3.8, 4) is 5.88 Å². The monoisotopic (exact) mass is 249 g/mol. The van der Waals surface area contributed by atoms with Gasteiger partial charge < -0.3 is 4.74 Å². The molecule has 17 heavy (non-hydrogen) atoms. The van der Waals surface area contributed by atoms with Crippen LogP contribution in [0.25, 0.3) is 0 Å². The highest BCUT2D eigenvalue weighted by molar-refractivity contribution is 7.09. The molecule has 0 aromatic carbocycles. The average Bonchev–Trinajstić information content (AvgIpc) is 2.82. The predicted molar refractivity (Wildman–Crippen MR) is 68.1 cm³/mol. The summed E-state index contributed by atoms with van der Waals surface area (Å²) in [5.74, 6) is 0.661. The van der Waals surface area contributed by atoms with Crippen LogP contribution in [0.4, 0.5) is 0 Å². The van der Waals surface area contributed by atoms with Gasteiger partial charge in [-0.2, -0.15) is 0 Å². The second-order valence-electron chi connectivity index (χ2n) is 3.81. The molecule has 0 spiro atoms. The van der Waals surface area contributed by atoms with Crippen LogP contribution in [-0.4, -0.2) is 29.0 Å². The lowest BCUT2D eigenvalue weighted by molar-refractivity contribution is 0.314. The quantitative estimate of drug-likeness (QED) is 0.814. The molecule has 0 atom stereocenters. The largest absolute Gasteiger partial charge is 0.481 e. The third kappa shape index (κ3) is 3.51. The van der Waals surface area contributed by atoms with Gasteiger partial charge in [0, 0.05) is 30.2 Å². The highest BCUT2D eigenvalue weighted by Crippen LogP contribution is 2.12. The summed E-state index contributed by atoms with van der Waals surface area (Å²) in [4.78, 5) is 11.9. The summed E-state index contributed by atoms with van der Waals surface area (Å²) in [6, 6.07) is 5.82. The third-order valence-electron chi connectivity index (χ3n) is 2.33. The van der Waals surface area contributed by atoms with E-state index in [1.54, 1.807) is 18.4 Å². The van der Waals surface area contributed by atoms with Gasteiger partial charge >= 0.3 is 0 Å². The van der Waals surface area contributed by atoms with Gasteiger partial charge in [-0.25, -0.2) is 4.98 Å². The molecule has 0 fully saturated rings. The maximum Gasteiger partial charge on any atom is 0.213 e. The molecule has 2 rings (SSSR count). The predicted octanol–water partition coefficient (Wildman–Crippen LogP) is 2.18. The van der Waals surface area contributed by atoms with E-state index in [0.29, 0.717) is 5.88 Å². The van der Waals surface area contributed by atoms with E-state index in [-0.39, 0.29) is 0 Å². The number of ether oxygens (including phenoxy) is 1. The van der Waals surface area contributed by atoms with Crippen LogP contribution in [0.15, 0.2) is 29.9 Å². The van der Waals surface area contributed by atoms with E-state index in [1.165, 1.54) is 4.88 Å². The minimum Gasteiger partial charge on any atom is -0.481 e. The van der Waals surface area contributed by atoms with Crippen LogP contribution in [-0.2, 0) is 13.1 Å². The Morgan fingerprint density at radius 3 is 2.94 bits per heavy atom. The molecule has 0 radical (unpaired) electrons. The maximum absolute atomic E-state index is 5.10. The summed E-state index contributed by atoms with van der Waals surface area (Å²) >= 11 is 1.67. The van der Waals surface area contributed by atoms with Gasteiger partial charge in [0.05, 0.1) is 18.3 Å². The van der Waals surface area contributed by atoms with Crippen molar-refractivity contribution >= 4 is 11.3 Å². The second-order valence-corrected chi connectivity index (χ2v) is 4.78. The zero-order chi connectivity index (χ0) is 12.1. The Hall–Kier alpha value is -1.46. The Morgan fingerprint density at radius 2 is 2.24 bits per heavy atom. The van der Waals surface area contributed by atoms with E-state index in [1.807, 2.05) is 29.9 Å². The number of hydrogen-bond donors (Lipinski definition) is 0. The fourth-order valence-corrected chi connectivity index (χ4v) is 2.25. The van der Waals surface area contributed by atoms with Gasteiger partial charge in [-0.15, -0.1) is 11.3 Å². The molecule has 0 amide bonds. The van der Waals surface area contributed by atoms with Crippen LogP contribution in [0.3, 0.4) is 0 Å². The molecule has 2 aromatic rings. The number of aromatic nitrogens is 2. The van der Waals surface area contributed by atoms with E-state index in [9.17, 15) is 0 Å². The molecule has 90 valence electrons. The van der Waals surface area contributed by atoms with Gasteiger partial charge in [0.2, 0.25) is 5.88 Å². The molecule has 2 heterocycles. The first kappa shape index (κ1) is 12.0. The van der Waals surface area contributed by atoms with Crippen molar-refractivity contribution < 1.29 is 4.74 Å². The first-order valence-corrected chi connectivity index (χ1v) is 6.21. The molecule has 0 aliphatic carbocycles. The lowest BCUT2D eigenvalue weighted by atomic mass is 10.3. The Kier molecular flexibility index (Phi) is 4.06. The minimum absolute atomic E-state index is 0.661. The molecule has 0 saturated carbocycles. The van der Waals surface area contributed by atoms with Crippen LogP contribution in [0.5, 0.6) is 5.88 Å². The Bertz CT molecular complexity index is 459. The summed E-state index contributed by atoms with van der Waals surface area (Å²) in [6.45, 7) is 1.69. The molecule has 0 aliphatic heterocycles. The van der Waals surface area contributed by atoms with Crippen molar-refractivity contribution in [2.75, 3.05) is 14.2 Å². The summed E-state index contributed by atoms with van der Waals surface area (Å²) in [5.41, 5.74) is 2.86. The maximum atomic E-state index is 5.10. The highest BCUT2D eigenvalue weighted by atomic mass is 32.1. The van der Waals surface area contributed by atoms with Gasteiger partial charge in [0.25, 0.3) is 0 Å². The molecule has 4 nitrogen and oxygen atoms in total. The molecular formula is C12H15N3OS. The number of thiazole rings is 1. The van der Waals surface area contributed by atoms with Crippen LogP contribution >= 0.6 is 11.3 Å².